The second-order valence-electron chi connectivity index (χ2n) is 6.78. The Hall–Kier alpha value is -3.39. The summed E-state index contributed by atoms with van der Waals surface area (Å²) in [6.45, 7) is -2.07. The van der Waals surface area contributed by atoms with Crippen LogP contribution in [0.2, 0.25) is 0 Å². The van der Waals surface area contributed by atoms with Crippen LogP contribution in [0.25, 0.3) is 33.6 Å². The van der Waals surface area contributed by atoms with Crippen molar-refractivity contribution >= 4 is 0 Å². The van der Waals surface area contributed by atoms with Crippen LogP contribution >= 0.6 is 0 Å². The normalized spacial score (nSPS) is 11.6. The predicted molar refractivity (Wildman–Crippen MR) is 127 cm³/mol. The summed E-state index contributed by atoms with van der Waals surface area (Å²) in [7, 11) is 0. The van der Waals surface area contributed by atoms with Crippen molar-refractivity contribution in [1.82, 2.24) is 9.97 Å². The first-order valence-electron chi connectivity index (χ1n) is 11.4. The Labute approximate surface area is 207 Å². The molecule has 5 rings (SSSR count). The smallest absolute Gasteiger partial charge is 0.0280 e. The van der Waals surface area contributed by atoms with Gasteiger partial charge in [0.25, 0.3) is 0 Å². The molecule has 3 aromatic carbocycles. The number of hydrogen-bond acceptors (Lipinski definition) is 2. The van der Waals surface area contributed by atoms with Crippen LogP contribution in [0.1, 0.15) is 9.68 Å². The molecule has 5 aromatic rings. The van der Waals surface area contributed by atoms with E-state index in [0.717, 1.165) is 33.6 Å². The molecule has 0 aliphatic carbocycles. The minimum atomic E-state index is -2.07. The minimum absolute atomic E-state index is 0. The second-order valence-corrected chi connectivity index (χ2v) is 6.78. The topological polar surface area (TPSA) is 25.8 Å². The zero-order valence-electron chi connectivity index (χ0n) is 20.2. The minimum Gasteiger partial charge on any atom is -0.305 e. The van der Waals surface area contributed by atoms with Crippen LogP contribution in [0.3, 0.4) is 0 Å². The Bertz CT molecular complexity index is 1250. The van der Waals surface area contributed by atoms with Crippen LogP contribution in [0, 0.1) is 19.0 Å². The van der Waals surface area contributed by atoms with Gasteiger partial charge in [-0.25, -0.2) is 0 Å². The molecule has 0 aliphatic heterocycles. The molecule has 0 spiro atoms. The first kappa shape index (κ1) is 19.3. The summed E-state index contributed by atoms with van der Waals surface area (Å²) in [5, 5.41) is 0. The van der Waals surface area contributed by atoms with Gasteiger partial charge in [0.1, 0.15) is 0 Å². The Balaban J connectivity index is 0.000000223. The molecule has 1 radical (unpaired) electrons. The Morgan fingerprint density at radius 1 is 0.625 bits per heavy atom. The Kier molecular flexibility index (Phi) is 7.15. The van der Waals surface area contributed by atoms with Gasteiger partial charge in [0.2, 0.25) is 0 Å². The van der Waals surface area contributed by atoms with Crippen molar-refractivity contribution in [2.45, 2.75) is 6.85 Å². The molecule has 32 heavy (non-hydrogen) atoms. The molecule has 0 N–H and O–H groups in total. The number of aromatic nitrogens is 2. The van der Waals surface area contributed by atoms with Crippen molar-refractivity contribution in [2.75, 3.05) is 0 Å². The molecule has 159 valence electrons. The maximum Gasteiger partial charge on any atom is 0.0280 e. The van der Waals surface area contributed by atoms with E-state index in [0.29, 0.717) is 5.56 Å². The summed E-state index contributed by atoms with van der Waals surface area (Å²) < 4.78 is 22.2. The number of hydrogen-bond donors (Lipinski definition) is 0. The van der Waals surface area contributed by atoms with Crippen LogP contribution in [0.5, 0.6) is 0 Å². The van der Waals surface area contributed by atoms with E-state index in [1.165, 1.54) is 0 Å². The van der Waals surface area contributed by atoms with Crippen LogP contribution in [-0.4, -0.2) is 9.97 Å². The number of rotatable bonds is 3. The summed E-state index contributed by atoms with van der Waals surface area (Å²) >= 11 is 0. The first-order valence-corrected chi connectivity index (χ1v) is 9.93. The summed E-state index contributed by atoms with van der Waals surface area (Å²) in [6.07, 6.45) is 3.58. The molecule has 3 heteroatoms. The van der Waals surface area contributed by atoms with Gasteiger partial charge in [-0.05, 0) is 35.4 Å². The molecule has 2 aromatic heterocycles. The first-order chi connectivity index (χ1) is 16.5. The molecule has 0 fully saturated rings. The van der Waals surface area contributed by atoms with Crippen molar-refractivity contribution in [3.05, 3.63) is 133 Å². The van der Waals surface area contributed by atoms with Gasteiger partial charge in [-0.2, -0.15) is 0 Å². The maximum absolute atomic E-state index is 7.39. The summed E-state index contributed by atoms with van der Waals surface area (Å²) in [5.41, 5.74) is 6.08. The fourth-order valence-electron chi connectivity index (χ4n) is 3.01. The van der Waals surface area contributed by atoms with Crippen molar-refractivity contribution in [3.63, 3.8) is 0 Å². The van der Waals surface area contributed by atoms with Crippen LogP contribution in [0.15, 0.2) is 116 Å². The van der Waals surface area contributed by atoms with Gasteiger partial charge < -0.3 is 9.97 Å². The third kappa shape index (κ3) is 6.31. The van der Waals surface area contributed by atoms with Gasteiger partial charge in [-0.1, -0.05) is 54.1 Å². The average molecular weight is 594 g/mol. The second kappa shape index (κ2) is 11.9. The van der Waals surface area contributed by atoms with Gasteiger partial charge in [0.15, 0.2) is 0 Å². The SMILES string of the molecule is [2H]C([2H])([2H])c1ccc(-c2ccc(-c3[c-]cccc3)nc2)cc1.[Ir].[c-]1ccccc1-c1ccccn1. The molecular formula is C29H22IrN2-2. The molecule has 0 atom stereocenters. The van der Waals surface area contributed by atoms with E-state index < -0.39 is 6.85 Å². The van der Waals surface area contributed by atoms with Gasteiger partial charge >= 0.3 is 0 Å². The van der Waals surface area contributed by atoms with Crippen LogP contribution < -0.4 is 0 Å². The fraction of sp³-hybridized carbons (Fsp3) is 0.0345. The van der Waals surface area contributed by atoms with Crippen molar-refractivity contribution in [1.29, 1.82) is 0 Å². The molecule has 0 unspecified atom stereocenters. The molecule has 0 saturated carbocycles. The largest absolute Gasteiger partial charge is 0.305 e. The van der Waals surface area contributed by atoms with Crippen LogP contribution in [-0.2, 0) is 20.1 Å². The fourth-order valence-corrected chi connectivity index (χ4v) is 3.01. The molecule has 0 amide bonds. The Morgan fingerprint density at radius 2 is 1.25 bits per heavy atom. The van der Waals surface area contributed by atoms with Crippen molar-refractivity contribution in [2.24, 2.45) is 0 Å². The van der Waals surface area contributed by atoms with E-state index in [1.54, 1.807) is 24.5 Å². The zero-order chi connectivity index (χ0) is 23.8. The summed E-state index contributed by atoms with van der Waals surface area (Å²) in [6, 6.07) is 38.5. The van der Waals surface area contributed by atoms with E-state index >= 15 is 0 Å². The monoisotopic (exact) mass is 594 g/mol. The molecule has 2 heterocycles. The predicted octanol–water partition coefficient (Wildman–Crippen LogP) is 7.07. The zero-order valence-corrected chi connectivity index (χ0v) is 19.6. The quantitative estimate of drug-likeness (QED) is 0.209. The van der Waals surface area contributed by atoms with E-state index in [2.05, 4.69) is 22.1 Å². The van der Waals surface area contributed by atoms with Crippen molar-refractivity contribution < 1.29 is 24.2 Å². The summed E-state index contributed by atoms with van der Waals surface area (Å²) in [4.78, 5) is 8.67. The number of benzene rings is 3. The third-order valence-electron chi connectivity index (χ3n) is 4.62. The van der Waals surface area contributed by atoms with Gasteiger partial charge in [-0.15, -0.1) is 71.8 Å². The Morgan fingerprint density at radius 3 is 1.75 bits per heavy atom. The number of aryl methyl sites for hydroxylation is 1. The molecule has 0 saturated heterocycles. The van der Waals surface area contributed by atoms with Crippen LogP contribution in [0.4, 0.5) is 0 Å². The van der Waals surface area contributed by atoms with Gasteiger partial charge in [0.05, 0.1) is 0 Å². The molecule has 0 aliphatic rings. The molecule has 2 nitrogen and oxygen atoms in total. The standard InChI is InChI=1S/C18H14N.C11H8N.Ir/c1-14-7-9-15(10-8-14)17-11-12-18(19-13-17)16-5-3-2-4-6-16;1-2-6-10(7-3-1)11-8-4-5-9-12-11;/h2-5,7-13H,1H3;1-6,8-9H;/q2*-1;/i1D3;;. The maximum atomic E-state index is 7.39. The third-order valence-corrected chi connectivity index (χ3v) is 4.62. The average Bonchev–Trinajstić information content (AvgIpc) is 2.90. The van der Waals surface area contributed by atoms with E-state index in [4.69, 9.17) is 4.11 Å². The van der Waals surface area contributed by atoms with E-state index in [1.807, 2.05) is 91.0 Å². The number of nitrogens with zero attached hydrogens (tertiary/aromatic N) is 2. The van der Waals surface area contributed by atoms with Gasteiger partial charge in [-0.3, -0.25) is 0 Å². The van der Waals surface area contributed by atoms with Crippen molar-refractivity contribution in [3.8, 4) is 33.6 Å². The van der Waals surface area contributed by atoms with E-state index in [9.17, 15) is 0 Å². The van der Waals surface area contributed by atoms with Gasteiger partial charge in [0, 0.05) is 36.6 Å². The number of pyridine rings is 2. The summed E-state index contributed by atoms with van der Waals surface area (Å²) in [5.74, 6) is 0. The molecular weight excluding hydrogens is 569 g/mol. The molecule has 0 bridgehead atoms. The van der Waals surface area contributed by atoms with E-state index in [-0.39, 0.29) is 20.1 Å².